The lowest BCUT2D eigenvalue weighted by atomic mass is 10.2. The molecule has 2 nitrogen and oxygen atoms in total. The Bertz CT molecular complexity index is 78.1. The Balaban J connectivity index is 3.03. The molecule has 1 unspecified atom stereocenters. The van der Waals surface area contributed by atoms with E-state index in [1.165, 1.54) is 0 Å². The van der Waals surface area contributed by atoms with E-state index in [-0.39, 0.29) is 12.6 Å². The highest BCUT2D eigenvalue weighted by molar-refractivity contribution is 4.61. The molecule has 62 valence electrons. The topological polar surface area (TPSA) is 38.0 Å². The molecule has 0 aromatic rings. The van der Waals surface area contributed by atoms with Gasteiger partial charge < -0.3 is 11.1 Å². The molecule has 0 saturated carbocycles. The van der Waals surface area contributed by atoms with Crippen molar-refractivity contribution in [2.75, 3.05) is 13.1 Å². The van der Waals surface area contributed by atoms with E-state index in [1.807, 2.05) is 6.92 Å². The molecular weight excluding hydrogens is 138 g/mol. The van der Waals surface area contributed by atoms with Crippen molar-refractivity contribution in [3.63, 3.8) is 0 Å². The molecule has 0 radical (unpaired) electrons. The van der Waals surface area contributed by atoms with Crippen LogP contribution in [0.15, 0.2) is 0 Å². The summed E-state index contributed by atoms with van der Waals surface area (Å²) in [4.78, 5) is 0. The van der Waals surface area contributed by atoms with Gasteiger partial charge in [-0.15, -0.1) is 0 Å². The molecule has 0 aromatic carbocycles. The molecule has 0 saturated heterocycles. The lowest BCUT2D eigenvalue weighted by Gasteiger charge is -2.08. The third-order valence-corrected chi connectivity index (χ3v) is 1.23. The minimum Gasteiger partial charge on any atom is -0.327 e. The Kier molecular flexibility index (Phi) is 5.43. The minimum absolute atomic E-state index is 0.00116. The van der Waals surface area contributed by atoms with Gasteiger partial charge in [0.05, 0.1) is 6.54 Å². The van der Waals surface area contributed by atoms with Crippen LogP contribution >= 0.6 is 0 Å². The van der Waals surface area contributed by atoms with Gasteiger partial charge in [-0.1, -0.05) is 6.92 Å². The Labute approximate surface area is 59.8 Å². The van der Waals surface area contributed by atoms with E-state index in [1.54, 1.807) is 0 Å². The van der Waals surface area contributed by atoms with Gasteiger partial charge in [-0.3, -0.25) is 0 Å². The molecule has 0 aromatic heterocycles. The average Bonchev–Trinajstić information content (AvgIpc) is 1.87. The zero-order valence-corrected chi connectivity index (χ0v) is 6.11. The summed E-state index contributed by atoms with van der Waals surface area (Å²) in [5, 5.41) is 2.56. The summed E-state index contributed by atoms with van der Waals surface area (Å²) >= 11 is 0. The van der Waals surface area contributed by atoms with Crippen LogP contribution in [0.5, 0.6) is 0 Å². The maximum atomic E-state index is 11.5. The second-order valence-corrected chi connectivity index (χ2v) is 2.22. The second-order valence-electron chi connectivity index (χ2n) is 2.22. The summed E-state index contributed by atoms with van der Waals surface area (Å²) in [5.74, 6) is 0. The summed E-state index contributed by atoms with van der Waals surface area (Å²) in [7, 11) is 0. The summed E-state index contributed by atoms with van der Waals surface area (Å²) in [5.41, 5.74) is 5.45. The standard InChI is InChI=1S/C6H14F2N2/c1-2-5(9)3-10-4-6(7)8/h5-6,10H,2-4,9H2,1H3. The third-order valence-electron chi connectivity index (χ3n) is 1.23. The van der Waals surface area contributed by atoms with Gasteiger partial charge in [0, 0.05) is 12.6 Å². The molecule has 1 atom stereocenters. The molecular formula is C6H14F2N2. The predicted octanol–water partition coefficient (Wildman–Crippen LogP) is 0.578. The molecule has 0 rings (SSSR count). The molecule has 0 bridgehead atoms. The van der Waals surface area contributed by atoms with Gasteiger partial charge in [-0.2, -0.15) is 0 Å². The van der Waals surface area contributed by atoms with Gasteiger partial charge in [0.2, 0.25) is 0 Å². The molecule has 0 aliphatic carbocycles. The van der Waals surface area contributed by atoms with Crippen LogP contribution in [0.3, 0.4) is 0 Å². The van der Waals surface area contributed by atoms with E-state index in [0.29, 0.717) is 6.54 Å². The molecule has 10 heavy (non-hydrogen) atoms. The fourth-order valence-corrected chi connectivity index (χ4v) is 0.522. The van der Waals surface area contributed by atoms with Crippen molar-refractivity contribution in [2.45, 2.75) is 25.8 Å². The summed E-state index contributed by atoms with van der Waals surface area (Å²) in [6.07, 6.45) is -1.46. The summed E-state index contributed by atoms with van der Waals surface area (Å²) in [6.45, 7) is 2.14. The van der Waals surface area contributed by atoms with E-state index in [9.17, 15) is 8.78 Å². The second kappa shape index (κ2) is 5.56. The number of hydrogen-bond acceptors (Lipinski definition) is 2. The van der Waals surface area contributed by atoms with Gasteiger partial charge >= 0.3 is 0 Å². The van der Waals surface area contributed by atoms with Crippen molar-refractivity contribution >= 4 is 0 Å². The number of nitrogens with one attached hydrogen (secondary N) is 1. The first-order valence-electron chi connectivity index (χ1n) is 3.41. The first-order valence-corrected chi connectivity index (χ1v) is 3.41. The Morgan fingerprint density at radius 2 is 2.00 bits per heavy atom. The predicted molar refractivity (Wildman–Crippen MR) is 37.1 cm³/mol. The lowest BCUT2D eigenvalue weighted by molar-refractivity contribution is 0.145. The zero-order valence-electron chi connectivity index (χ0n) is 6.11. The van der Waals surface area contributed by atoms with E-state index in [2.05, 4.69) is 5.32 Å². The number of halogens is 2. The molecule has 3 N–H and O–H groups in total. The van der Waals surface area contributed by atoms with Crippen molar-refractivity contribution in [3.8, 4) is 0 Å². The van der Waals surface area contributed by atoms with Crippen LogP contribution < -0.4 is 11.1 Å². The van der Waals surface area contributed by atoms with Gasteiger partial charge in [-0.25, -0.2) is 8.78 Å². The highest BCUT2D eigenvalue weighted by atomic mass is 19.3. The fraction of sp³-hybridized carbons (Fsp3) is 1.00. The average molecular weight is 152 g/mol. The number of nitrogens with two attached hydrogens (primary N) is 1. The van der Waals surface area contributed by atoms with Crippen LogP contribution in [0, 0.1) is 0 Å². The molecule has 0 heterocycles. The zero-order chi connectivity index (χ0) is 7.98. The Morgan fingerprint density at radius 1 is 1.40 bits per heavy atom. The van der Waals surface area contributed by atoms with Crippen molar-refractivity contribution in [1.82, 2.24) is 5.32 Å². The SMILES string of the molecule is CCC(N)CNCC(F)F. The first-order chi connectivity index (χ1) is 4.66. The monoisotopic (exact) mass is 152 g/mol. The van der Waals surface area contributed by atoms with Gasteiger partial charge in [0.15, 0.2) is 0 Å². The van der Waals surface area contributed by atoms with Crippen molar-refractivity contribution < 1.29 is 8.78 Å². The number of rotatable bonds is 5. The van der Waals surface area contributed by atoms with Crippen molar-refractivity contribution in [2.24, 2.45) is 5.73 Å². The van der Waals surface area contributed by atoms with Gasteiger partial charge in [0.25, 0.3) is 6.43 Å². The van der Waals surface area contributed by atoms with E-state index in [4.69, 9.17) is 5.73 Å². The van der Waals surface area contributed by atoms with Crippen molar-refractivity contribution in [1.29, 1.82) is 0 Å². The maximum Gasteiger partial charge on any atom is 0.250 e. The van der Waals surface area contributed by atoms with Crippen LogP contribution in [0.2, 0.25) is 0 Å². The molecule has 0 fully saturated rings. The highest BCUT2D eigenvalue weighted by Crippen LogP contribution is 1.88. The lowest BCUT2D eigenvalue weighted by Crippen LogP contribution is -2.35. The third kappa shape index (κ3) is 5.91. The fourth-order valence-electron chi connectivity index (χ4n) is 0.522. The van der Waals surface area contributed by atoms with Crippen LogP contribution in [0.4, 0.5) is 8.78 Å². The van der Waals surface area contributed by atoms with Crippen molar-refractivity contribution in [3.05, 3.63) is 0 Å². The van der Waals surface area contributed by atoms with E-state index < -0.39 is 6.43 Å². The molecule has 0 amide bonds. The summed E-state index contributed by atoms with van der Waals surface area (Å²) in [6, 6.07) is -0.00116. The largest absolute Gasteiger partial charge is 0.327 e. The highest BCUT2D eigenvalue weighted by Gasteiger charge is 2.02. The van der Waals surface area contributed by atoms with Gasteiger partial charge in [0.1, 0.15) is 0 Å². The molecule has 0 aliphatic rings. The minimum atomic E-state index is -2.27. The van der Waals surface area contributed by atoms with E-state index >= 15 is 0 Å². The number of alkyl halides is 2. The van der Waals surface area contributed by atoms with Gasteiger partial charge in [-0.05, 0) is 6.42 Å². The Hall–Kier alpha value is -0.220. The van der Waals surface area contributed by atoms with Crippen LogP contribution in [0.25, 0.3) is 0 Å². The van der Waals surface area contributed by atoms with Crippen LogP contribution in [-0.2, 0) is 0 Å². The van der Waals surface area contributed by atoms with Crippen LogP contribution in [0.1, 0.15) is 13.3 Å². The quantitative estimate of drug-likeness (QED) is 0.604. The molecule has 4 heteroatoms. The normalized spacial score (nSPS) is 14.1. The Morgan fingerprint density at radius 3 is 2.40 bits per heavy atom. The van der Waals surface area contributed by atoms with Crippen LogP contribution in [-0.4, -0.2) is 25.6 Å². The molecule has 0 aliphatic heterocycles. The van der Waals surface area contributed by atoms with E-state index in [0.717, 1.165) is 6.42 Å². The smallest absolute Gasteiger partial charge is 0.250 e. The first kappa shape index (κ1) is 9.78. The molecule has 0 spiro atoms. The maximum absolute atomic E-state index is 11.5. The number of hydrogen-bond donors (Lipinski definition) is 2. The summed E-state index contributed by atoms with van der Waals surface area (Å²) < 4.78 is 23.0.